The molecule has 0 bridgehead atoms. The second-order valence-corrected chi connectivity index (χ2v) is 4.65. The fraction of sp³-hybridized carbons (Fsp3) is 0.818. The first kappa shape index (κ1) is 13.3. The maximum absolute atomic E-state index is 12.3. The van der Waals surface area contributed by atoms with E-state index in [-0.39, 0.29) is 11.9 Å². The van der Waals surface area contributed by atoms with E-state index >= 15 is 0 Å². The summed E-state index contributed by atoms with van der Waals surface area (Å²) < 4.78 is 41.6. The largest absolute Gasteiger partial charge is 0.455 e. The molecule has 0 saturated heterocycles. The second kappa shape index (κ2) is 5.26. The van der Waals surface area contributed by atoms with Gasteiger partial charge in [-0.25, -0.2) is 0 Å². The van der Waals surface area contributed by atoms with Crippen molar-refractivity contribution in [3.63, 3.8) is 0 Å². The number of aromatic nitrogens is 2. The van der Waals surface area contributed by atoms with Crippen molar-refractivity contribution in [2.75, 3.05) is 7.05 Å². The lowest BCUT2D eigenvalue weighted by atomic mass is 9.95. The molecule has 0 aromatic carbocycles. The van der Waals surface area contributed by atoms with Crippen LogP contribution in [0.2, 0.25) is 0 Å². The van der Waals surface area contributed by atoms with Gasteiger partial charge in [0.2, 0.25) is 5.89 Å². The van der Waals surface area contributed by atoms with Crippen molar-refractivity contribution in [1.82, 2.24) is 15.5 Å². The minimum atomic E-state index is -4.54. The van der Waals surface area contributed by atoms with Crippen LogP contribution < -0.4 is 5.32 Å². The molecule has 1 saturated carbocycles. The van der Waals surface area contributed by atoms with Crippen molar-refractivity contribution >= 4 is 0 Å². The van der Waals surface area contributed by atoms with Crippen molar-refractivity contribution in [3.8, 4) is 0 Å². The zero-order valence-corrected chi connectivity index (χ0v) is 10.1. The summed E-state index contributed by atoms with van der Waals surface area (Å²) in [5.41, 5.74) is 0. The van der Waals surface area contributed by atoms with Crippen LogP contribution in [0.5, 0.6) is 0 Å². The van der Waals surface area contributed by atoms with E-state index in [9.17, 15) is 13.2 Å². The van der Waals surface area contributed by atoms with E-state index in [1.54, 1.807) is 0 Å². The van der Waals surface area contributed by atoms with E-state index in [4.69, 9.17) is 0 Å². The van der Waals surface area contributed by atoms with Crippen LogP contribution in [0.1, 0.15) is 37.4 Å². The zero-order valence-electron chi connectivity index (χ0n) is 10.1. The van der Waals surface area contributed by atoms with Gasteiger partial charge in [-0.3, -0.25) is 0 Å². The van der Waals surface area contributed by atoms with Gasteiger partial charge in [-0.05, 0) is 25.8 Å². The molecule has 1 aliphatic carbocycles. The standard InChI is InChI=1S/C11H16F3N3O/c1-15-8(7-4-2-3-5-7)6-9-16-10(17-18-9)11(12,13)14/h7-8,15H,2-6H2,1H3. The van der Waals surface area contributed by atoms with Crippen LogP contribution in [-0.4, -0.2) is 23.2 Å². The van der Waals surface area contributed by atoms with E-state index in [1.165, 1.54) is 12.8 Å². The summed E-state index contributed by atoms with van der Waals surface area (Å²) in [6.07, 6.45) is 0.382. The van der Waals surface area contributed by atoms with Crippen molar-refractivity contribution in [3.05, 3.63) is 11.7 Å². The van der Waals surface area contributed by atoms with Gasteiger partial charge in [-0.15, -0.1) is 0 Å². The Morgan fingerprint density at radius 2 is 2.06 bits per heavy atom. The number of nitrogens with zero attached hydrogens (tertiary/aromatic N) is 2. The van der Waals surface area contributed by atoms with Crippen LogP contribution in [-0.2, 0) is 12.6 Å². The van der Waals surface area contributed by atoms with Crippen molar-refractivity contribution < 1.29 is 17.7 Å². The summed E-state index contributed by atoms with van der Waals surface area (Å²) in [7, 11) is 1.81. The molecular formula is C11H16F3N3O. The molecule has 0 radical (unpaired) electrons. The first-order valence-corrected chi connectivity index (χ1v) is 6.07. The number of halogens is 3. The van der Waals surface area contributed by atoms with E-state index in [2.05, 4.69) is 20.0 Å². The molecule has 1 aromatic heterocycles. The van der Waals surface area contributed by atoms with Crippen LogP contribution in [0, 0.1) is 5.92 Å². The predicted molar refractivity (Wildman–Crippen MR) is 57.8 cm³/mol. The second-order valence-electron chi connectivity index (χ2n) is 4.65. The summed E-state index contributed by atoms with van der Waals surface area (Å²) in [6, 6.07) is 0.106. The fourth-order valence-corrected chi connectivity index (χ4v) is 2.51. The lowest BCUT2D eigenvalue weighted by Crippen LogP contribution is -2.34. The Kier molecular flexibility index (Phi) is 3.89. The van der Waals surface area contributed by atoms with Gasteiger partial charge < -0.3 is 9.84 Å². The summed E-state index contributed by atoms with van der Waals surface area (Å²) in [5.74, 6) is -0.663. The first-order valence-electron chi connectivity index (χ1n) is 6.07. The molecule has 4 nitrogen and oxygen atoms in total. The number of hydrogen-bond acceptors (Lipinski definition) is 4. The molecule has 1 fully saturated rings. The summed E-state index contributed by atoms with van der Waals surface area (Å²) in [5, 5.41) is 6.09. The molecule has 7 heteroatoms. The van der Waals surface area contributed by atoms with Crippen LogP contribution in [0.4, 0.5) is 13.2 Å². The van der Waals surface area contributed by atoms with Gasteiger partial charge >= 0.3 is 6.18 Å². The van der Waals surface area contributed by atoms with E-state index in [1.807, 2.05) is 7.05 Å². The summed E-state index contributed by atoms with van der Waals surface area (Å²) >= 11 is 0. The van der Waals surface area contributed by atoms with Crippen LogP contribution in [0.25, 0.3) is 0 Å². The van der Waals surface area contributed by atoms with E-state index in [0.29, 0.717) is 12.3 Å². The SMILES string of the molecule is CNC(Cc1nc(C(F)(F)F)no1)C1CCCC1. The number of nitrogens with one attached hydrogen (secondary N) is 1. The third kappa shape index (κ3) is 3.01. The molecule has 1 atom stereocenters. The highest BCUT2D eigenvalue weighted by molar-refractivity contribution is 4.94. The zero-order chi connectivity index (χ0) is 13.2. The molecule has 1 unspecified atom stereocenters. The lowest BCUT2D eigenvalue weighted by Gasteiger charge is -2.20. The van der Waals surface area contributed by atoms with Gasteiger partial charge in [-0.2, -0.15) is 18.2 Å². The van der Waals surface area contributed by atoms with Gasteiger partial charge in [-0.1, -0.05) is 18.0 Å². The highest BCUT2D eigenvalue weighted by Crippen LogP contribution is 2.30. The quantitative estimate of drug-likeness (QED) is 0.906. The van der Waals surface area contributed by atoms with Crippen LogP contribution in [0.15, 0.2) is 4.52 Å². The van der Waals surface area contributed by atoms with Crippen LogP contribution in [0.3, 0.4) is 0 Å². The molecule has 0 amide bonds. The molecule has 18 heavy (non-hydrogen) atoms. The van der Waals surface area contributed by atoms with Crippen molar-refractivity contribution in [2.45, 2.75) is 44.3 Å². The van der Waals surface area contributed by atoms with Gasteiger partial charge in [0.05, 0.1) is 0 Å². The predicted octanol–water partition coefficient (Wildman–Crippen LogP) is 2.41. The smallest absolute Gasteiger partial charge is 0.339 e. The van der Waals surface area contributed by atoms with Crippen molar-refractivity contribution in [2.24, 2.45) is 5.92 Å². The van der Waals surface area contributed by atoms with Gasteiger partial charge in [0.1, 0.15) is 0 Å². The summed E-state index contributed by atoms with van der Waals surface area (Å²) in [4.78, 5) is 3.40. The third-order valence-electron chi connectivity index (χ3n) is 3.46. The summed E-state index contributed by atoms with van der Waals surface area (Å²) in [6.45, 7) is 0. The third-order valence-corrected chi connectivity index (χ3v) is 3.46. The number of rotatable bonds is 4. The molecule has 0 aliphatic heterocycles. The topological polar surface area (TPSA) is 51.0 Å². The highest BCUT2D eigenvalue weighted by atomic mass is 19.4. The normalized spacial score (nSPS) is 19.3. The van der Waals surface area contributed by atoms with Crippen LogP contribution >= 0.6 is 0 Å². The number of alkyl halides is 3. The average molecular weight is 263 g/mol. The van der Waals surface area contributed by atoms with E-state index < -0.39 is 12.0 Å². The molecular weight excluding hydrogens is 247 g/mol. The fourth-order valence-electron chi connectivity index (χ4n) is 2.51. The Morgan fingerprint density at radius 3 is 2.56 bits per heavy atom. The van der Waals surface area contributed by atoms with Gasteiger partial charge in [0.15, 0.2) is 0 Å². The average Bonchev–Trinajstić information content (AvgIpc) is 2.95. The Morgan fingerprint density at radius 1 is 1.39 bits per heavy atom. The molecule has 2 rings (SSSR count). The number of hydrogen-bond donors (Lipinski definition) is 1. The minimum Gasteiger partial charge on any atom is -0.339 e. The maximum Gasteiger partial charge on any atom is 0.455 e. The molecule has 1 aromatic rings. The highest BCUT2D eigenvalue weighted by Gasteiger charge is 2.37. The lowest BCUT2D eigenvalue weighted by molar-refractivity contribution is -0.146. The molecule has 1 aliphatic rings. The Balaban J connectivity index is 2.01. The monoisotopic (exact) mass is 263 g/mol. The minimum absolute atomic E-state index is 0.0496. The molecule has 1 N–H and O–H groups in total. The first-order chi connectivity index (χ1) is 8.50. The molecule has 102 valence electrons. The Bertz CT molecular complexity index is 385. The maximum atomic E-state index is 12.3. The Labute approximate surface area is 103 Å². The molecule has 0 spiro atoms. The Hall–Kier alpha value is -1.11. The molecule has 1 heterocycles. The number of likely N-dealkylation sites (N-methyl/N-ethyl adjacent to an activating group) is 1. The van der Waals surface area contributed by atoms with Crippen molar-refractivity contribution in [1.29, 1.82) is 0 Å². The van der Waals surface area contributed by atoms with E-state index in [0.717, 1.165) is 12.8 Å². The van der Waals surface area contributed by atoms with Gasteiger partial charge in [0, 0.05) is 12.5 Å². The van der Waals surface area contributed by atoms with Gasteiger partial charge in [0.25, 0.3) is 5.82 Å².